The molecule has 0 aliphatic carbocycles. The van der Waals surface area contributed by atoms with Crippen LogP contribution in [0.5, 0.6) is 0 Å². The second-order valence-electron chi connectivity index (χ2n) is 6.52. The van der Waals surface area contributed by atoms with Gasteiger partial charge in [0.1, 0.15) is 11.6 Å². The van der Waals surface area contributed by atoms with E-state index in [2.05, 4.69) is 27.6 Å². The van der Waals surface area contributed by atoms with Gasteiger partial charge in [-0.25, -0.2) is 8.78 Å². The summed E-state index contributed by atoms with van der Waals surface area (Å²) in [6.07, 6.45) is 2.40. The van der Waals surface area contributed by atoms with E-state index in [9.17, 15) is 8.78 Å². The average Bonchev–Trinajstić information content (AvgIpc) is 2.52. The molecule has 1 aromatic rings. The number of piperidine rings is 1. The van der Waals surface area contributed by atoms with Crippen LogP contribution in [0, 0.1) is 17.6 Å². The zero-order valence-corrected chi connectivity index (χ0v) is 17.5. The minimum Gasteiger partial charge on any atom is -0.357 e. The van der Waals surface area contributed by atoms with Gasteiger partial charge in [0.25, 0.3) is 0 Å². The Morgan fingerprint density at radius 1 is 1.40 bits per heavy atom. The Labute approximate surface area is 166 Å². The van der Waals surface area contributed by atoms with Crippen LogP contribution in [0.2, 0.25) is 0 Å². The minimum atomic E-state index is -0.564. The zero-order valence-electron chi connectivity index (χ0n) is 15.2. The van der Waals surface area contributed by atoms with Crippen LogP contribution < -0.4 is 10.6 Å². The summed E-state index contributed by atoms with van der Waals surface area (Å²) in [5.41, 5.74) is 0.430. The SMILES string of the molecule is CCNC(=NCC1CCCN(C)C1)NC(C)c1ccc(F)cc1F.I. The van der Waals surface area contributed by atoms with E-state index in [1.807, 2.05) is 13.8 Å². The summed E-state index contributed by atoms with van der Waals surface area (Å²) in [6, 6.07) is 3.37. The lowest BCUT2D eigenvalue weighted by Crippen LogP contribution is -2.40. The van der Waals surface area contributed by atoms with Crippen LogP contribution in [0.3, 0.4) is 0 Å². The number of nitrogens with one attached hydrogen (secondary N) is 2. The Morgan fingerprint density at radius 3 is 2.80 bits per heavy atom. The molecule has 2 rings (SSSR count). The highest BCUT2D eigenvalue weighted by molar-refractivity contribution is 14.0. The third-order valence-corrected chi connectivity index (χ3v) is 4.36. The first kappa shape index (κ1) is 22.1. The fourth-order valence-electron chi connectivity index (χ4n) is 3.10. The van der Waals surface area contributed by atoms with E-state index in [4.69, 9.17) is 0 Å². The molecule has 4 nitrogen and oxygen atoms in total. The van der Waals surface area contributed by atoms with Crippen molar-refractivity contribution in [2.75, 3.05) is 33.2 Å². The van der Waals surface area contributed by atoms with Crippen molar-refractivity contribution in [2.24, 2.45) is 10.9 Å². The number of likely N-dealkylation sites (tertiary alicyclic amines) is 1. The molecule has 1 heterocycles. The molecule has 142 valence electrons. The van der Waals surface area contributed by atoms with Gasteiger partial charge in [-0.15, -0.1) is 24.0 Å². The summed E-state index contributed by atoms with van der Waals surface area (Å²) in [5, 5.41) is 6.40. The van der Waals surface area contributed by atoms with Crippen LogP contribution in [0.15, 0.2) is 23.2 Å². The van der Waals surface area contributed by atoms with E-state index in [1.165, 1.54) is 25.0 Å². The van der Waals surface area contributed by atoms with Crippen molar-refractivity contribution in [3.63, 3.8) is 0 Å². The summed E-state index contributed by atoms with van der Waals surface area (Å²) < 4.78 is 27.0. The van der Waals surface area contributed by atoms with Crippen LogP contribution in [0.25, 0.3) is 0 Å². The maximum Gasteiger partial charge on any atom is 0.191 e. The summed E-state index contributed by atoms with van der Waals surface area (Å²) in [7, 11) is 2.14. The summed E-state index contributed by atoms with van der Waals surface area (Å²) in [6.45, 7) is 7.53. The molecule has 0 spiro atoms. The van der Waals surface area contributed by atoms with Crippen LogP contribution in [0.4, 0.5) is 8.78 Å². The molecule has 0 amide bonds. The maximum absolute atomic E-state index is 13.9. The fraction of sp³-hybridized carbons (Fsp3) is 0.611. The topological polar surface area (TPSA) is 39.7 Å². The van der Waals surface area contributed by atoms with E-state index >= 15 is 0 Å². The number of halogens is 3. The number of hydrogen-bond donors (Lipinski definition) is 2. The molecule has 25 heavy (non-hydrogen) atoms. The molecular formula is C18H29F2IN4. The van der Waals surface area contributed by atoms with E-state index in [0.717, 1.165) is 32.2 Å². The minimum absolute atomic E-state index is 0. The molecule has 0 bridgehead atoms. The lowest BCUT2D eigenvalue weighted by atomic mass is 9.99. The number of hydrogen-bond acceptors (Lipinski definition) is 2. The third kappa shape index (κ3) is 7.05. The van der Waals surface area contributed by atoms with Crippen molar-refractivity contribution in [1.82, 2.24) is 15.5 Å². The second-order valence-corrected chi connectivity index (χ2v) is 6.52. The Morgan fingerprint density at radius 2 is 2.16 bits per heavy atom. The van der Waals surface area contributed by atoms with Gasteiger partial charge in [-0.3, -0.25) is 4.99 Å². The first-order chi connectivity index (χ1) is 11.5. The van der Waals surface area contributed by atoms with Gasteiger partial charge >= 0.3 is 0 Å². The molecule has 0 radical (unpaired) electrons. The smallest absolute Gasteiger partial charge is 0.191 e. The quantitative estimate of drug-likeness (QED) is 0.396. The Bertz CT molecular complexity index is 568. The molecule has 1 fully saturated rings. The van der Waals surface area contributed by atoms with Gasteiger partial charge < -0.3 is 15.5 Å². The van der Waals surface area contributed by atoms with Gasteiger partial charge in [0.15, 0.2) is 5.96 Å². The van der Waals surface area contributed by atoms with Gasteiger partial charge in [-0.2, -0.15) is 0 Å². The highest BCUT2D eigenvalue weighted by Gasteiger charge is 2.17. The lowest BCUT2D eigenvalue weighted by molar-refractivity contribution is 0.214. The summed E-state index contributed by atoms with van der Waals surface area (Å²) in [5.74, 6) is 0.115. The van der Waals surface area contributed by atoms with Crippen molar-refractivity contribution in [3.05, 3.63) is 35.4 Å². The Balaban J connectivity index is 0.00000312. The van der Waals surface area contributed by atoms with Gasteiger partial charge in [-0.05, 0) is 52.3 Å². The standard InChI is InChI=1S/C18H28F2N4.HI/c1-4-21-18(22-11-14-6-5-9-24(3)12-14)23-13(2)16-8-7-15(19)10-17(16)20;/h7-8,10,13-14H,4-6,9,11-12H2,1-3H3,(H2,21,22,23);1H. The molecule has 0 saturated carbocycles. The number of benzene rings is 1. The van der Waals surface area contributed by atoms with Gasteiger partial charge in [0, 0.05) is 31.3 Å². The van der Waals surface area contributed by atoms with Crippen molar-refractivity contribution in [3.8, 4) is 0 Å². The number of nitrogens with zero attached hydrogens (tertiary/aromatic N) is 2. The molecule has 2 N–H and O–H groups in total. The van der Waals surface area contributed by atoms with Crippen molar-refractivity contribution < 1.29 is 8.78 Å². The predicted octanol–water partition coefficient (Wildman–Crippen LogP) is 3.54. The number of aliphatic imine (C=N–C) groups is 1. The molecule has 0 aromatic heterocycles. The van der Waals surface area contributed by atoms with Crippen LogP contribution in [0.1, 0.15) is 38.3 Å². The van der Waals surface area contributed by atoms with Crippen molar-refractivity contribution in [1.29, 1.82) is 0 Å². The molecular weight excluding hydrogens is 437 g/mol. The largest absolute Gasteiger partial charge is 0.357 e. The summed E-state index contributed by atoms with van der Waals surface area (Å²) >= 11 is 0. The monoisotopic (exact) mass is 466 g/mol. The van der Waals surface area contributed by atoms with Crippen LogP contribution in [-0.4, -0.2) is 44.1 Å². The fourth-order valence-corrected chi connectivity index (χ4v) is 3.10. The van der Waals surface area contributed by atoms with E-state index in [-0.39, 0.29) is 30.0 Å². The van der Waals surface area contributed by atoms with Crippen molar-refractivity contribution >= 4 is 29.9 Å². The zero-order chi connectivity index (χ0) is 17.5. The molecule has 1 aliphatic rings. The normalized spacial score (nSPS) is 19.9. The molecule has 1 saturated heterocycles. The third-order valence-electron chi connectivity index (χ3n) is 4.36. The number of guanidine groups is 1. The van der Waals surface area contributed by atoms with Crippen LogP contribution in [-0.2, 0) is 0 Å². The van der Waals surface area contributed by atoms with E-state index in [0.29, 0.717) is 17.4 Å². The van der Waals surface area contributed by atoms with Crippen LogP contribution >= 0.6 is 24.0 Å². The maximum atomic E-state index is 13.9. The van der Waals surface area contributed by atoms with E-state index < -0.39 is 11.6 Å². The molecule has 1 aromatic carbocycles. The first-order valence-corrected chi connectivity index (χ1v) is 8.68. The molecule has 2 unspecified atom stereocenters. The highest BCUT2D eigenvalue weighted by Crippen LogP contribution is 2.18. The molecule has 7 heteroatoms. The average molecular weight is 466 g/mol. The first-order valence-electron chi connectivity index (χ1n) is 8.68. The van der Waals surface area contributed by atoms with Gasteiger partial charge in [0.2, 0.25) is 0 Å². The lowest BCUT2D eigenvalue weighted by Gasteiger charge is -2.29. The van der Waals surface area contributed by atoms with Gasteiger partial charge in [-0.1, -0.05) is 6.07 Å². The number of rotatable bonds is 5. The highest BCUT2D eigenvalue weighted by atomic mass is 127. The van der Waals surface area contributed by atoms with E-state index in [1.54, 1.807) is 0 Å². The molecule has 2 atom stereocenters. The predicted molar refractivity (Wildman–Crippen MR) is 110 cm³/mol. The second kappa shape index (κ2) is 10.9. The van der Waals surface area contributed by atoms with Crippen molar-refractivity contribution in [2.45, 2.75) is 32.7 Å². The summed E-state index contributed by atoms with van der Waals surface area (Å²) in [4.78, 5) is 6.99. The molecule has 1 aliphatic heterocycles. The Hall–Kier alpha value is -0.960. The Kier molecular flexibility index (Phi) is 9.63. The van der Waals surface area contributed by atoms with Gasteiger partial charge in [0.05, 0.1) is 6.04 Å².